The van der Waals surface area contributed by atoms with Crippen LogP contribution in [0.5, 0.6) is 0 Å². The van der Waals surface area contributed by atoms with Gasteiger partial charge in [0, 0.05) is 18.8 Å². The lowest BCUT2D eigenvalue weighted by Gasteiger charge is -2.24. The van der Waals surface area contributed by atoms with Crippen molar-refractivity contribution < 1.29 is 9.59 Å². The molecule has 0 radical (unpaired) electrons. The molecule has 1 unspecified atom stereocenters. The Labute approximate surface area is 129 Å². The number of unbranched alkanes of at least 4 members (excludes halogenated alkanes) is 3. The minimum absolute atomic E-state index is 0.121. The standard InChI is InChI=1S/C14H30N2O2SSi/c1-5-6-7-8-9-20(3,4)11-15-14(18)13(10-19)16-12(2)17/h13,19H,5-11H2,1-4H3,(H,15,18)(H,16,17). The molecule has 0 bridgehead atoms. The largest absolute Gasteiger partial charge is 0.357 e. The molecule has 0 aromatic carbocycles. The van der Waals surface area contributed by atoms with Gasteiger partial charge in [-0.2, -0.15) is 12.6 Å². The third-order valence-electron chi connectivity index (χ3n) is 3.32. The molecule has 118 valence electrons. The third-order valence-corrected chi connectivity index (χ3v) is 6.53. The summed E-state index contributed by atoms with van der Waals surface area (Å²) in [5, 5.41) is 5.59. The SMILES string of the molecule is CCCCCC[Si](C)(C)CNC(=O)C(CS)NC(C)=O. The third kappa shape index (κ3) is 9.42. The Balaban J connectivity index is 4.09. The van der Waals surface area contributed by atoms with Crippen LogP contribution in [0.4, 0.5) is 0 Å². The van der Waals surface area contributed by atoms with Crippen molar-refractivity contribution in [1.82, 2.24) is 10.6 Å². The summed E-state index contributed by atoms with van der Waals surface area (Å²) in [6.07, 6.45) is 5.85. The summed E-state index contributed by atoms with van der Waals surface area (Å²) in [6, 6.07) is 0.708. The number of hydrogen-bond donors (Lipinski definition) is 3. The molecule has 1 atom stereocenters. The minimum Gasteiger partial charge on any atom is -0.357 e. The van der Waals surface area contributed by atoms with Gasteiger partial charge in [-0.3, -0.25) is 9.59 Å². The first-order chi connectivity index (χ1) is 9.32. The molecule has 0 spiro atoms. The molecule has 0 aromatic heterocycles. The Morgan fingerprint density at radius 3 is 2.35 bits per heavy atom. The molecule has 0 rings (SSSR count). The Bertz CT molecular complexity index is 312. The molecule has 6 heteroatoms. The van der Waals surface area contributed by atoms with E-state index in [0.29, 0.717) is 5.75 Å². The monoisotopic (exact) mass is 318 g/mol. The molecule has 0 saturated heterocycles. The summed E-state index contributed by atoms with van der Waals surface area (Å²) in [6.45, 7) is 8.22. The van der Waals surface area contributed by atoms with Gasteiger partial charge in [-0.1, -0.05) is 51.7 Å². The number of amides is 2. The van der Waals surface area contributed by atoms with Gasteiger partial charge in [0.05, 0.1) is 8.07 Å². The van der Waals surface area contributed by atoms with E-state index < -0.39 is 14.1 Å². The first-order valence-corrected chi connectivity index (χ1v) is 11.5. The lowest BCUT2D eigenvalue weighted by Crippen LogP contribution is -2.51. The second-order valence-corrected chi connectivity index (χ2v) is 11.7. The van der Waals surface area contributed by atoms with E-state index in [2.05, 4.69) is 43.3 Å². The maximum atomic E-state index is 12.0. The molecule has 2 N–H and O–H groups in total. The molecular weight excluding hydrogens is 288 g/mol. The van der Waals surface area contributed by atoms with Crippen molar-refractivity contribution in [2.24, 2.45) is 0 Å². The van der Waals surface area contributed by atoms with E-state index >= 15 is 0 Å². The summed E-state index contributed by atoms with van der Waals surface area (Å²) >= 11 is 4.11. The van der Waals surface area contributed by atoms with E-state index in [9.17, 15) is 9.59 Å². The van der Waals surface area contributed by atoms with Gasteiger partial charge in [-0.25, -0.2) is 0 Å². The number of thiol groups is 1. The quantitative estimate of drug-likeness (QED) is 0.329. The number of rotatable bonds is 10. The van der Waals surface area contributed by atoms with Crippen molar-refractivity contribution >= 4 is 32.5 Å². The van der Waals surface area contributed by atoms with Gasteiger partial charge >= 0.3 is 0 Å². The first-order valence-electron chi connectivity index (χ1n) is 7.48. The van der Waals surface area contributed by atoms with Crippen LogP contribution < -0.4 is 10.6 Å². The zero-order valence-corrected chi connectivity index (χ0v) is 15.2. The van der Waals surface area contributed by atoms with E-state index in [1.165, 1.54) is 38.7 Å². The number of nitrogens with one attached hydrogen (secondary N) is 2. The zero-order valence-electron chi connectivity index (χ0n) is 13.3. The van der Waals surface area contributed by atoms with Crippen LogP contribution in [0, 0.1) is 0 Å². The minimum atomic E-state index is -1.38. The van der Waals surface area contributed by atoms with Crippen LogP contribution >= 0.6 is 12.6 Å². The van der Waals surface area contributed by atoms with Crippen molar-refractivity contribution in [3.05, 3.63) is 0 Å². The molecule has 0 aliphatic rings. The summed E-state index contributed by atoms with van der Waals surface area (Å²) in [4.78, 5) is 23.0. The van der Waals surface area contributed by atoms with Gasteiger partial charge in [0.1, 0.15) is 6.04 Å². The second-order valence-electron chi connectivity index (χ2n) is 6.13. The molecule has 0 aromatic rings. The highest BCUT2D eigenvalue weighted by Gasteiger charge is 2.23. The van der Waals surface area contributed by atoms with Gasteiger partial charge in [0.2, 0.25) is 11.8 Å². The fraction of sp³-hybridized carbons (Fsp3) is 0.857. The van der Waals surface area contributed by atoms with Crippen molar-refractivity contribution in [3.63, 3.8) is 0 Å². The van der Waals surface area contributed by atoms with Gasteiger partial charge in [0.25, 0.3) is 0 Å². The van der Waals surface area contributed by atoms with E-state index in [4.69, 9.17) is 0 Å². The predicted molar refractivity (Wildman–Crippen MR) is 90.9 cm³/mol. The van der Waals surface area contributed by atoms with Gasteiger partial charge < -0.3 is 10.6 Å². The summed E-state index contributed by atoms with van der Waals surface area (Å²) < 4.78 is 0. The van der Waals surface area contributed by atoms with Crippen molar-refractivity contribution in [2.75, 3.05) is 11.9 Å². The molecule has 4 nitrogen and oxygen atoms in total. The summed E-state index contributed by atoms with van der Waals surface area (Å²) in [7, 11) is -1.38. The fourth-order valence-electron chi connectivity index (χ4n) is 2.01. The highest BCUT2D eigenvalue weighted by atomic mass is 32.1. The maximum absolute atomic E-state index is 12.0. The van der Waals surface area contributed by atoms with Gasteiger partial charge in [-0.05, 0) is 0 Å². The predicted octanol–water partition coefficient (Wildman–Crippen LogP) is 2.37. The van der Waals surface area contributed by atoms with Crippen LogP contribution in [0.3, 0.4) is 0 Å². The Morgan fingerprint density at radius 2 is 1.85 bits per heavy atom. The van der Waals surface area contributed by atoms with Crippen LogP contribution in [0.2, 0.25) is 19.1 Å². The highest BCUT2D eigenvalue weighted by Crippen LogP contribution is 2.14. The lowest BCUT2D eigenvalue weighted by atomic mass is 10.2. The molecule has 2 amide bonds. The van der Waals surface area contributed by atoms with Crippen LogP contribution in [0.15, 0.2) is 0 Å². The van der Waals surface area contributed by atoms with E-state index in [0.717, 1.165) is 6.17 Å². The first kappa shape index (κ1) is 19.5. The van der Waals surface area contributed by atoms with E-state index in [-0.39, 0.29) is 11.8 Å². The summed E-state index contributed by atoms with van der Waals surface area (Å²) in [5.74, 6) is 0.00350. The number of carbonyl (C=O) groups is 2. The van der Waals surface area contributed by atoms with E-state index in [1.807, 2.05) is 0 Å². The van der Waals surface area contributed by atoms with Crippen LogP contribution in [-0.4, -0.2) is 37.9 Å². The lowest BCUT2D eigenvalue weighted by molar-refractivity contribution is -0.127. The maximum Gasteiger partial charge on any atom is 0.243 e. The Hall–Kier alpha value is -0.493. The van der Waals surface area contributed by atoms with Crippen molar-refractivity contribution in [3.8, 4) is 0 Å². The average molecular weight is 319 g/mol. The second kappa shape index (κ2) is 10.3. The van der Waals surface area contributed by atoms with E-state index in [1.54, 1.807) is 0 Å². The number of carbonyl (C=O) groups excluding carboxylic acids is 2. The Morgan fingerprint density at radius 1 is 1.20 bits per heavy atom. The van der Waals surface area contributed by atoms with Crippen LogP contribution in [0.25, 0.3) is 0 Å². The molecule has 0 aliphatic heterocycles. The molecule has 0 saturated carbocycles. The molecule has 0 fully saturated rings. The highest BCUT2D eigenvalue weighted by molar-refractivity contribution is 7.80. The molecule has 20 heavy (non-hydrogen) atoms. The zero-order chi connectivity index (χ0) is 15.6. The van der Waals surface area contributed by atoms with Gasteiger partial charge in [0.15, 0.2) is 0 Å². The van der Waals surface area contributed by atoms with Crippen LogP contribution in [-0.2, 0) is 9.59 Å². The van der Waals surface area contributed by atoms with Crippen LogP contribution in [0.1, 0.15) is 39.5 Å². The Kier molecular flexibility index (Phi) is 10.0. The normalized spacial score (nSPS) is 12.8. The van der Waals surface area contributed by atoms with Gasteiger partial charge in [-0.15, -0.1) is 0 Å². The fourth-order valence-corrected chi connectivity index (χ4v) is 4.30. The average Bonchev–Trinajstić information content (AvgIpc) is 2.38. The smallest absolute Gasteiger partial charge is 0.243 e. The molecule has 0 aliphatic carbocycles. The molecule has 0 heterocycles. The van der Waals surface area contributed by atoms with Crippen molar-refractivity contribution in [2.45, 2.75) is 64.7 Å². The van der Waals surface area contributed by atoms with Crippen molar-refractivity contribution in [1.29, 1.82) is 0 Å². The number of hydrogen-bond acceptors (Lipinski definition) is 3. The molecular formula is C14H30N2O2SSi. The topological polar surface area (TPSA) is 58.2 Å². The summed E-state index contributed by atoms with van der Waals surface area (Å²) in [5.41, 5.74) is 0.